The second kappa shape index (κ2) is 10.9. The molecule has 0 radical (unpaired) electrons. The Morgan fingerprint density at radius 1 is 0.921 bits per heavy atom. The third-order valence-electron chi connectivity index (χ3n) is 6.61. The van der Waals surface area contributed by atoms with Crippen LogP contribution < -0.4 is 19.3 Å². The second-order valence-corrected chi connectivity index (χ2v) is 8.60. The first-order valence-electron chi connectivity index (χ1n) is 12.1. The van der Waals surface area contributed by atoms with E-state index in [1.807, 2.05) is 26.0 Å². The van der Waals surface area contributed by atoms with Gasteiger partial charge in [0.05, 0.1) is 31.5 Å². The zero-order chi connectivity index (χ0) is 27.6. The van der Waals surface area contributed by atoms with Gasteiger partial charge in [0.1, 0.15) is 17.4 Å². The molecule has 3 aromatic carbocycles. The van der Waals surface area contributed by atoms with Crippen molar-refractivity contribution in [2.24, 2.45) is 0 Å². The van der Waals surface area contributed by atoms with Crippen LogP contribution in [0.15, 0.2) is 66.2 Å². The van der Waals surface area contributed by atoms with Crippen molar-refractivity contribution in [3.05, 3.63) is 89.0 Å². The van der Waals surface area contributed by atoms with Crippen LogP contribution in [0.3, 0.4) is 0 Å². The topological polar surface area (TPSA) is 79.3 Å². The van der Waals surface area contributed by atoms with Crippen molar-refractivity contribution in [2.75, 3.05) is 37.1 Å². The van der Waals surface area contributed by atoms with Gasteiger partial charge in [-0.2, -0.15) is 0 Å². The minimum Gasteiger partial charge on any atom is -0.507 e. The predicted octanol–water partition coefficient (Wildman–Crippen LogP) is 5.45. The van der Waals surface area contributed by atoms with Crippen molar-refractivity contribution in [3.8, 4) is 11.5 Å². The van der Waals surface area contributed by atoms with E-state index in [1.165, 1.54) is 26.4 Å². The van der Waals surface area contributed by atoms with Gasteiger partial charge in [0.2, 0.25) is 0 Å². The van der Waals surface area contributed by atoms with Crippen LogP contribution >= 0.6 is 0 Å². The number of aliphatic hydroxyl groups is 1. The lowest BCUT2D eigenvalue weighted by Gasteiger charge is -2.27. The number of carbonyl (C=O) groups excluding carboxylic acids is 2. The van der Waals surface area contributed by atoms with Crippen LogP contribution in [0, 0.1) is 11.6 Å². The van der Waals surface area contributed by atoms with Crippen LogP contribution in [0.1, 0.15) is 31.0 Å². The van der Waals surface area contributed by atoms with Gasteiger partial charge in [0.15, 0.2) is 11.5 Å². The first-order valence-corrected chi connectivity index (χ1v) is 12.1. The summed E-state index contributed by atoms with van der Waals surface area (Å²) in [5.41, 5.74) is 0.862. The molecule has 3 aromatic rings. The summed E-state index contributed by atoms with van der Waals surface area (Å²) in [5, 5.41) is 11.3. The predicted molar refractivity (Wildman–Crippen MR) is 141 cm³/mol. The van der Waals surface area contributed by atoms with Crippen LogP contribution in [0.4, 0.5) is 20.2 Å². The van der Waals surface area contributed by atoms with Gasteiger partial charge in [0, 0.05) is 30.4 Å². The maximum absolute atomic E-state index is 14.9. The van der Waals surface area contributed by atoms with Crippen molar-refractivity contribution < 1.29 is 33.0 Å². The number of halogens is 2. The Hall–Kier alpha value is -4.40. The van der Waals surface area contributed by atoms with E-state index in [-0.39, 0.29) is 11.1 Å². The number of anilines is 2. The third kappa shape index (κ3) is 4.67. The molecule has 4 rings (SSSR count). The van der Waals surface area contributed by atoms with Gasteiger partial charge in [-0.25, -0.2) is 8.78 Å². The molecule has 1 fully saturated rings. The number of amides is 1. The van der Waals surface area contributed by atoms with Gasteiger partial charge < -0.3 is 19.5 Å². The number of hydrogen-bond acceptors (Lipinski definition) is 6. The van der Waals surface area contributed by atoms with Gasteiger partial charge in [-0.3, -0.25) is 14.5 Å². The summed E-state index contributed by atoms with van der Waals surface area (Å²) in [7, 11) is 2.88. The average molecular weight is 523 g/mol. The van der Waals surface area contributed by atoms with E-state index in [1.54, 1.807) is 18.2 Å². The van der Waals surface area contributed by atoms with Crippen LogP contribution in [0.5, 0.6) is 11.5 Å². The Labute approximate surface area is 219 Å². The lowest BCUT2D eigenvalue weighted by atomic mass is 9.94. The Balaban J connectivity index is 1.94. The molecule has 1 aliphatic rings. The fourth-order valence-electron chi connectivity index (χ4n) is 4.66. The molecule has 38 heavy (non-hydrogen) atoms. The Morgan fingerprint density at radius 2 is 1.58 bits per heavy atom. The van der Waals surface area contributed by atoms with Crippen molar-refractivity contribution in [1.29, 1.82) is 0 Å². The number of rotatable bonds is 8. The normalized spacial score (nSPS) is 16.6. The molecule has 1 aliphatic heterocycles. The van der Waals surface area contributed by atoms with Gasteiger partial charge in [-0.1, -0.05) is 12.1 Å². The minimum absolute atomic E-state index is 0.185. The molecule has 1 saturated heterocycles. The van der Waals surface area contributed by atoms with Crippen LogP contribution in [0.2, 0.25) is 0 Å². The molecule has 1 heterocycles. The van der Waals surface area contributed by atoms with E-state index in [9.17, 15) is 23.5 Å². The van der Waals surface area contributed by atoms with Gasteiger partial charge in [0.25, 0.3) is 11.7 Å². The zero-order valence-corrected chi connectivity index (χ0v) is 21.5. The smallest absolute Gasteiger partial charge is 0.300 e. The molecule has 0 bridgehead atoms. The summed E-state index contributed by atoms with van der Waals surface area (Å²) in [5.74, 6) is -3.57. The maximum atomic E-state index is 14.9. The molecule has 7 nitrogen and oxygen atoms in total. The molecule has 198 valence electrons. The molecule has 0 aliphatic carbocycles. The summed E-state index contributed by atoms with van der Waals surface area (Å²) in [4.78, 5) is 29.6. The molecule has 1 N–H and O–H groups in total. The van der Waals surface area contributed by atoms with E-state index >= 15 is 0 Å². The van der Waals surface area contributed by atoms with E-state index in [0.29, 0.717) is 17.1 Å². The second-order valence-electron chi connectivity index (χ2n) is 8.60. The van der Waals surface area contributed by atoms with Crippen LogP contribution in [-0.4, -0.2) is 44.1 Å². The summed E-state index contributed by atoms with van der Waals surface area (Å²) in [6.07, 6.45) is 0. The van der Waals surface area contributed by atoms with Crippen molar-refractivity contribution >= 4 is 28.8 Å². The van der Waals surface area contributed by atoms with Crippen LogP contribution in [0.25, 0.3) is 5.76 Å². The third-order valence-corrected chi connectivity index (χ3v) is 6.61. The van der Waals surface area contributed by atoms with Crippen molar-refractivity contribution in [1.82, 2.24) is 0 Å². The standard InChI is InChI=1S/C29H28F2N2O5/c1-5-32(6-2)20-11-7-17(8-12-20)26-25(27(34)18-9-14-23(37-3)24(15-18)38-4)28(35)29(36)33(26)22-16-19(30)10-13-21(22)31/h7-16,26,34H,5-6H2,1-4H3/b27-25+. The highest BCUT2D eigenvalue weighted by Gasteiger charge is 2.48. The van der Waals surface area contributed by atoms with E-state index in [4.69, 9.17) is 9.47 Å². The number of methoxy groups -OCH3 is 2. The minimum atomic E-state index is -1.22. The molecule has 0 saturated carbocycles. The number of Topliss-reactive ketones (excluding diaryl/α,β-unsaturated/α-hetero) is 1. The summed E-state index contributed by atoms with van der Waals surface area (Å²) < 4.78 is 39.6. The van der Waals surface area contributed by atoms with Crippen molar-refractivity contribution in [3.63, 3.8) is 0 Å². The van der Waals surface area contributed by atoms with E-state index < -0.39 is 40.8 Å². The summed E-state index contributed by atoms with van der Waals surface area (Å²) >= 11 is 0. The van der Waals surface area contributed by atoms with Gasteiger partial charge >= 0.3 is 0 Å². The van der Waals surface area contributed by atoms with E-state index in [2.05, 4.69) is 4.90 Å². The first-order chi connectivity index (χ1) is 18.2. The number of ketones is 1. The van der Waals surface area contributed by atoms with Gasteiger partial charge in [-0.05, 0) is 61.9 Å². The molecular weight excluding hydrogens is 494 g/mol. The first kappa shape index (κ1) is 26.7. The fourth-order valence-corrected chi connectivity index (χ4v) is 4.66. The molecular formula is C29H28F2N2O5. The lowest BCUT2D eigenvalue weighted by Crippen LogP contribution is -2.30. The highest BCUT2D eigenvalue weighted by Crippen LogP contribution is 2.44. The Morgan fingerprint density at radius 3 is 2.18 bits per heavy atom. The molecule has 0 aromatic heterocycles. The Kier molecular flexibility index (Phi) is 7.66. The maximum Gasteiger partial charge on any atom is 0.300 e. The molecule has 0 spiro atoms. The lowest BCUT2D eigenvalue weighted by molar-refractivity contribution is -0.132. The number of hydrogen-bond donors (Lipinski definition) is 1. The summed E-state index contributed by atoms with van der Waals surface area (Å²) in [6.45, 7) is 5.56. The fraction of sp³-hybridized carbons (Fsp3) is 0.241. The Bertz CT molecular complexity index is 1400. The monoisotopic (exact) mass is 522 g/mol. The average Bonchev–Trinajstić information content (AvgIpc) is 3.20. The number of nitrogens with zero attached hydrogens (tertiary/aromatic N) is 2. The highest BCUT2D eigenvalue weighted by atomic mass is 19.1. The number of carbonyl (C=O) groups is 2. The number of aliphatic hydroxyl groups excluding tert-OH is 1. The molecule has 1 atom stereocenters. The quantitative estimate of drug-likeness (QED) is 0.241. The zero-order valence-electron chi connectivity index (χ0n) is 21.5. The van der Waals surface area contributed by atoms with Crippen LogP contribution in [-0.2, 0) is 9.59 Å². The number of ether oxygens (including phenoxy) is 2. The number of benzene rings is 3. The molecule has 9 heteroatoms. The molecule has 1 amide bonds. The SMILES string of the molecule is CCN(CC)c1ccc(C2/C(=C(\O)c3ccc(OC)c(OC)c3)C(=O)C(=O)N2c2cc(F)ccc2F)cc1. The van der Waals surface area contributed by atoms with E-state index in [0.717, 1.165) is 41.9 Å². The van der Waals surface area contributed by atoms with Crippen molar-refractivity contribution in [2.45, 2.75) is 19.9 Å². The largest absolute Gasteiger partial charge is 0.507 e. The highest BCUT2D eigenvalue weighted by molar-refractivity contribution is 6.51. The summed E-state index contributed by atoms with van der Waals surface area (Å²) in [6, 6.07) is 13.0. The molecule has 1 unspecified atom stereocenters. The van der Waals surface area contributed by atoms with Gasteiger partial charge in [-0.15, -0.1) is 0 Å².